The Hall–Kier alpha value is -1.88. The summed E-state index contributed by atoms with van der Waals surface area (Å²) in [5.74, 6) is 0. The SMILES string of the molecule is CC(C)(C)N1CC[C@](C=O)(NC(=O)OCc2ccccc2)C1. The van der Waals surface area contributed by atoms with E-state index in [0.29, 0.717) is 13.0 Å². The first-order valence-corrected chi connectivity index (χ1v) is 7.55. The monoisotopic (exact) mass is 304 g/mol. The highest BCUT2D eigenvalue weighted by Gasteiger charge is 2.43. The number of ether oxygens (including phenoxy) is 1. The second-order valence-corrected chi connectivity index (χ2v) is 6.80. The molecular formula is C17H24N2O3. The number of alkyl carbamates (subject to hydrolysis) is 1. The molecule has 0 aliphatic carbocycles. The molecule has 1 aliphatic rings. The van der Waals surface area contributed by atoms with Crippen LogP contribution in [0, 0.1) is 0 Å². The lowest BCUT2D eigenvalue weighted by molar-refractivity contribution is -0.113. The van der Waals surface area contributed by atoms with Gasteiger partial charge in [-0.1, -0.05) is 30.3 Å². The Morgan fingerprint density at radius 1 is 1.36 bits per heavy atom. The smallest absolute Gasteiger partial charge is 0.408 e. The predicted octanol–water partition coefficient (Wildman–Crippen LogP) is 2.35. The molecule has 1 aromatic rings. The van der Waals surface area contributed by atoms with Crippen LogP contribution in [0.1, 0.15) is 32.8 Å². The topological polar surface area (TPSA) is 58.6 Å². The van der Waals surface area contributed by atoms with Crippen LogP contribution in [0.2, 0.25) is 0 Å². The van der Waals surface area contributed by atoms with Crippen molar-refractivity contribution in [3.8, 4) is 0 Å². The first-order chi connectivity index (χ1) is 10.3. The zero-order valence-electron chi connectivity index (χ0n) is 13.5. The molecule has 0 unspecified atom stereocenters. The molecule has 22 heavy (non-hydrogen) atoms. The molecule has 1 amide bonds. The molecule has 5 nitrogen and oxygen atoms in total. The van der Waals surface area contributed by atoms with Crippen molar-refractivity contribution in [2.24, 2.45) is 0 Å². The van der Waals surface area contributed by atoms with Gasteiger partial charge in [0, 0.05) is 18.6 Å². The first kappa shape index (κ1) is 16.5. The summed E-state index contributed by atoms with van der Waals surface area (Å²) in [6.07, 6.45) is 0.892. The number of carbonyl (C=O) groups is 2. The Morgan fingerprint density at radius 3 is 2.59 bits per heavy atom. The minimum atomic E-state index is -0.846. The number of nitrogens with zero attached hydrogens (tertiary/aromatic N) is 1. The molecule has 1 N–H and O–H groups in total. The first-order valence-electron chi connectivity index (χ1n) is 7.55. The van der Waals surface area contributed by atoms with E-state index in [0.717, 1.165) is 18.4 Å². The highest BCUT2D eigenvalue weighted by molar-refractivity contribution is 5.77. The van der Waals surface area contributed by atoms with Gasteiger partial charge in [-0.2, -0.15) is 0 Å². The van der Waals surface area contributed by atoms with E-state index < -0.39 is 11.6 Å². The summed E-state index contributed by atoms with van der Waals surface area (Å²) in [5.41, 5.74) is 0.0436. The van der Waals surface area contributed by atoms with E-state index in [-0.39, 0.29) is 12.1 Å². The lowest BCUT2D eigenvalue weighted by atomic mass is 10.0. The van der Waals surface area contributed by atoms with Crippen LogP contribution < -0.4 is 5.32 Å². The molecule has 1 aliphatic heterocycles. The maximum atomic E-state index is 12.0. The van der Waals surface area contributed by atoms with Crippen molar-refractivity contribution >= 4 is 12.4 Å². The Kier molecular flexibility index (Phi) is 4.86. The number of rotatable bonds is 4. The average Bonchev–Trinajstić information content (AvgIpc) is 2.91. The van der Waals surface area contributed by atoms with Gasteiger partial charge in [-0.3, -0.25) is 4.90 Å². The summed E-state index contributed by atoms with van der Waals surface area (Å²) in [6, 6.07) is 9.47. The van der Waals surface area contributed by atoms with E-state index in [1.807, 2.05) is 30.3 Å². The van der Waals surface area contributed by atoms with Gasteiger partial charge in [0.05, 0.1) is 0 Å². The molecule has 0 saturated carbocycles. The van der Waals surface area contributed by atoms with Gasteiger partial charge in [0.15, 0.2) is 0 Å². The van der Waals surface area contributed by atoms with Crippen LogP contribution in [-0.2, 0) is 16.1 Å². The van der Waals surface area contributed by atoms with Crippen molar-refractivity contribution in [1.82, 2.24) is 10.2 Å². The molecule has 0 bridgehead atoms. The maximum absolute atomic E-state index is 12.0. The number of hydrogen-bond donors (Lipinski definition) is 1. The minimum absolute atomic E-state index is 0.0274. The quantitative estimate of drug-likeness (QED) is 0.868. The van der Waals surface area contributed by atoms with Crippen LogP contribution >= 0.6 is 0 Å². The number of aldehydes is 1. The van der Waals surface area contributed by atoms with Gasteiger partial charge in [0.2, 0.25) is 0 Å². The van der Waals surface area contributed by atoms with Crippen LogP contribution in [0.3, 0.4) is 0 Å². The van der Waals surface area contributed by atoms with Crippen LogP contribution in [0.5, 0.6) is 0 Å². The Bertz CT molecular complexity index is 524. The number of amides is 1. The normalized spacial score (nSPS) is 22.3. The summed E-state index contributed by atoms with van der Waals surface area (Å²) in [6.45, 7) is 7.79. The van der Waals surface area contributed by atoms with Crippen molar-refractivity contribution in [3.05, 3.63) is 35.9 Å². The standard InChI is InChI=1S/C17H24N2O3/c1-16(2,3)19-10-9-17(12-19,13-20)18-15(21)22-11-14-7-5-4-6-8-14/h4-8,13H,9-12H2,1-3H3,(H,18,21)/t17-/m0/s1. The van der Waals surface area contributed by atoms with Gasteiger partial charge in [-0.05, 0) is 32.8 Å². The number of carbonyl (C=O) groups excluding carboxylic acids is 2. The minimum Gasteiger partial charge on any atom is -0.445 e. The summed E-state index contributed by atoms with van der Waals surface area (Å²) in [7, 11) is 0. The third kappa shape index (κ3) is 4.07. The zero-order valence-corrected chi connectivity index (χ0v) is 13.5. The van der Waals surface area contributed by atoms with E-state index in [4.69, 9.17) is 4.74 Å². The molecule has 0 radical (unpaired) electrons. The molecule has 1 heterocycles. The molecular weight excluding hydrogens is 280 g/mol. The third-order valence-corrected chi connectivity index (χ3v) is 4.04. The zero-order chi connectivity index (χ0) is 16.2. The van der Waals surface area contributed by atoms with Gasteiger partial charge in [0.1, 0.15) is 18.4 Å². The molecule has 5 heteroatoms. The van der Waals surface area contributed by atoms with Crippen LogP contribution in [-0.4, -0.2) is 41.4 Å². The summed E-state index contributed by atoms with van der Waals surface area (Å²) >= 11 is 0. The highest BCUT2D eigenvalue weighted by atomic mass is 16.5. The Balaban J connectivity index is 1.90. The van der Waals surface area contributed by atoms with E-state index in [2.05, 4.69) is 31.0 Å². The second-order valence-electron chi connectivity index (χ2n) is 6.80. The lowest BCUT2D eigenvalue weighted by Gasteiger charge is -2.33. The van der Waals surface area contributed by atoms with Crippen LogP contribution in [0.4, 0.5) is 4.79 Å². The Morgan fingerprint density at radius 2 is 2.05 bits per heavy atom. The molecule has 0 aromatic heterocycles. The van der Waals surface area contributed by atoms with Gasteiger partial charge in [-0.25, -0.2) is 4.79 Å². The van der Waals surface area contributed by atoms with Crippen LogP contribution in [0.15, 0.2) is 30.3 Å². The Labute approximate surface area is 131 Å². The number of hydrogen-bond acceptors (Lipinski definition) is 4. The molecule has 1 aromatic carbocycles. The average molecular weight is 304 g/mol. The molecule has 120 valence electrons. The maximum Gasteiger partial charge on any atom is 0.408 e. The predicted molar refractivity (Wildman–Crippen MR) is 84.5 cm³/mol. The van der Waals surface area contributed by atoms with Gasteiger partial charge < -0.3 is 14.8 Å². The van der Waals surface area contributed by atoms with Gasteiger partial charge in [0.25, 0.3) is 0 Å². The lowest BCUT2D eigenvalue weighted by Crippen LogP contribution is -2.53. The third-order valence-electron chi connectivity index (χ3n) is 4.04. The fourth-order valence-electron chi connectivity index (χ4n) is 2.60. The van der Waals surface area contributed by atoms with Gasteiger partial charge >= 0.3 is 6.09 Å². The fourth-order valence-corrected chi connectivity index (χ4v) is 2.60. The van der Waals surface area contributed by atoms with E-state index in [1.165, 1.54) is 0 Å². The number of benzene rings is 1. The summed E-state index contributed by atoms with van der Waals surface area (Å²) < 4.78 is 5.21. The van der Waals surface area contributed by atoms with Crippen molar-refractivity contribution in [1.29, 1.82) is 0 Å². The van der Waals surface area contributed by atoms with Crippen molar-refractivity contribution < 1.29 is 14.3 Å². The number of nitrogens with one attached hydrogen (secondary N) is 1. The summed E-state index contributed by atoms with van der Waals surface area (Å²) in [4.78, 5) is 25.7. The summed E-state index contributed by atoms with van der Waals surface area (Å²) in [5, 5.41) is 2.74. The van der Waals surface area contributed by atoms with E-state index in [9.17, 15) is 9.59 Å². The van der Waals surface area contributed by atoms with Crippen molar-refractivity contribution in [2.45, 2.75) is 44.9 Å². The van der Waals surface area contributed by atoms with Crippen molar-refractivity contribution in [2.75, 3.05) is 13.1 Å². The highest BCUT2D eigenvalue weighted by Crippen LogP contribution is 2.26. The molecule has 2 rings (SSSR count). The second kappa shape index (κ2) is 6.48. The number of likely N-dealkylation sites (tertiary alicyclic amines) is 1. The van der Waals surface area contributed by atoms with Crippen LogP contribution in [0.25, 0.3) is 0 Å². The molecule has 0 spiro atoms. The molecule has 1 fully saturated rings. The van der Waals surface area contributed by atoms with E-state index in [1.54, 1.807) is 0 Å². The largest absolute Gasteiger partial charge is 0.445 e. The van der Waals surface area contributed by atoms with Crippen molar-refractivity contribution in [3.63, 3.8) is 0 Å². The van der Waals surface area contributed by atoms with Gasteiger partial charge in [-0.15, -0.1) is 0 Å². The molecule has 1 saturated heterocycles. The van der Waals surface area contributed by atoms with E-state index >= 15 is 0 Å². The fraction of sp³-hybridized carbons (Fsp3) is 0.529. The molecule has 1 atom stereocenters.